The van der Waals surface area contributed by atoms with Gasteiger partial charge in [-0.1, -0.05) is 16.8 Å². The van der Waals surface area contributed by atoms with Gasteiger partial charge in [0.1, 0.15) is 0 Å². The van der Waals surface area contributed by atoms with Crippen LogP contribution in [0.1, 0.15) is 49.4 Å². The molecule has 1 aromatic rings. The van der Waals surface area contributed by atoms with E-state index in [4.69, 9.17) is 4.52 Å². The molecule has 1 fully saturated rings. The fourth-order valence-corrected chi connectivity index (χ4v) is 2.78. The zero-order chi connectivity index (χ0) is 15.5. The SMILES string of the molecule is CC(C)=CC[C@@]1(CO)CCCN(C(=O)c2cc(C)no2)C1. The second kappa shape index (κ2) is 6.43. The highest BCUT2D eigenvalue weighted by molar-refractivity contribution is 5.91. The van der Waals surface area contributed by atoms with Gasteiger partial charge in [-0.15, -0.1) is 0 Å². The summed E-state index contributed by atoms with van der Waals surface area (Å²) < 4.78 is 5.06. The van der Waals surface area contributed by atoms with E-state index in [1.807, 2.05) is 13.8 Å². The summed E-state index contributed by atoms with van der Waals surface area (Å²) in [5.74, 6) is 0.147. The molecule has 1 amide bonds. The third-order valence-corrected chi connectivity index (χ3v) is 4.07. The number of amides is 1. The number of carbonyl (C=O) groups is 1. The lowest BCUT2D eigenvalue weighted by atomic mass is 9.77. The molecule has 0 unspecified atom stereocenters. The minimum Gasteiger partial charge on any atom is -0.396 e. The third kappa shape index (κ3) is 3.73. The molecular formula is C16H24N2O3. The van der Waals surface area contributed by atoms with Crippen LogP contribution in [-0.2, 0) is 0 Å². The van der Waals surface area contributed by atoms with Crippen molar-refractivity contribution in [3.63, 3.8) is 0 Å². The molecule has 0 saturated carbocycles. The molecule has 2 rings (SSSR count). The summed E-state index contributed by atoms with van der Waals surface area (Å²) in [6, 6.07) is 1.66. The number of rotatable bonds is 4. The van der Waals surface area contributed by atoms with Gasteiger partial charge >= 0.3 is 0 Å². The number of aromatic nitrogens is 1. The van der Waals surface area contributed by atoms with Crippen LogP contribution in [0.5, 0.6) is 0 Å². The first kappa shape index (κ1) is 15.8. The molecule has 1 N–H and O–H groups in total. The maximum absolute atomic E-state index is 12.5. The van der Waals surface area contributed by atoms with Crippen molar-refractivity contribution >= 4 is 5.91 Å². The average Bonchev–Trinajstić information content (AvgIpc) is 2.91. The first-order valence-corrected chi connectivity index (χ1v) is 7.43. The molecular weight excluding hydrogens is 268 g/mol. The van der Waals surface area contributed by atoms with Crippen molar-refractivity contribution in [3.05, 3.63) is 29.2 Å². The number of aryl methyl sites for hydroxylation is 1. The van der Waals surface area contributed by atoms with Crippen LogP contribution < -0.4 is 0 Å². The van der Waals surface area contributed by atoms with E-state index in [1.165, 1.54) is 5.57 Å². The van der Waals surface area contributed by atoms with Crippen molar-refractivity contribution in [1.82, 2.24) is 10.1 Å². The molecule has 0 radical (unpaired) electrons. The van der Waals surface area contributed by atoms with Gasteiger partial charge in [0, 0.05) is 24.6 Å². The van der Waals surface area contributed by atoms with E-state index in [0.717, 1.165) is 19.3 Å². The van der Waals surface area contributed by atoms with Gasteiger partial charge in [-0.05, 0) is 40.0 Å². The van der Waals surface area contributed by atoms with Crippen LogP contribution in [0.15, 0.2) is 22.2 Å². The molecule has 5 heteroatoms. The summed E-state index contributed by atoms with van der Waals surface area (Å²) in [7, 11) is 0. The molecule has 0 aliphatic carbocycles. The lowest BCUT2D eigenvalue weighted by Gasteiger charge is -2.41. The van der Waals surface area contributed by atoms with Gasteiger partial charge in [0.2, 0.25) is 5.76 Å². The van der Waals surface area contributed by atoms with E-state index in [9.17, 15) is 9.90 Å². The van der Waals surface area contributed by atoms with E-state index >= 15 is 0 Å². The zero-order valence-electron chi connectivity index (χ0n) is 13.1. The van der Waals surface area contributed by atoms with E-state index in [2.05, 4.69) is 11.2 Å². The minimum absolute atomic E-state index is 0.0932. The number of allylic oxidation sites excluding steroid dienone is 2. The molecule has 1 aromatic heterocycles. The highest BCUT2D eigenvalue weighted by Gasteiger charge is 2.36. The standard InChI is InChI=1S/C16H24N2O3/c1-12(2)5-7-16(11-19)6-4-8-18(10-16)15(20)14-9-13(3)17-21-14/h5,9,19H,4,6-8,10-11H2,1-3H3/t16-/m0/s1. The Morgan fingerprint density at radius 1 is 1.57 bits per heavy atom. The van der Waals surface area contributed by atoms with Gasteiger partial charge in [0.15, 0.2) is 0 Å². The van der Waals surface area contributed by atoms with Crippen molar-refractivity contribution in [2.75, 3.05) is 19.7 Å². The number of nitrogens with zero attached hydrogens (tertiary/aromatic N) is 2. The number of likely N-dealkylation sites (tertiary alicyclic amines) is 1. The Kier molecular flexibility index (Phi) is 4.83. The minimum atomic E-state index is -0.236. The number of aliphatic hydroxyl groups excluding tert-OH is 1. The van der Waals surface area contributed by atoms with Crippen molar-refractivity contribution in [2.45, 2.75) is 40.0 Å². The quantitative estimate of drug-likeness (QED) is 0.866. The van der Waals surface area contributed by atoms with Gasteiger partial charge < -0.3 is 14.5 Å². The molecule has 1 aliphatic heterocycles. The predicted molar refractivity (Wildman–Crippen MR) is 79.9 cm³/mol. The van der Waals surface area contributed by atoms with Crippen LogP contribution in [0.25, 0.3) is 0 Å². The van der Waals surface area contributed by atoms with Crippen LogP contribution in [0.4, 0.5) is 0 Å². The van der Waals surface area contributed by atoms with Crippen molar-refractivity contribution in [1.29, 1.82) is 0 Å². The maximum atomic E-state index is 12.5. The number of piperidine rings is 1. The van der Waals surface area contributed by atoms with Crippen LogP contribution in [0, 0.1) is 12.3 Å². The molecule has 0 aromatic carbocycles. The molecule has 0 spiro atoms. The van der Waals surface area contributed by atoms with Gasteiger partial charge in [-0.25, -0.2) is 0 Å². The highest BCUT2D eigenvalue weighted by Crippen LogP contribution is 2.34. The third-order valence-electron chi connectivity index (χ3n) is 4.07. The molecule has 2 heterocycles. The first-order valence-electron chi connectivity index (χ1n) is 7.43. The van der Waals surface area contributed by atoms with Crippen LogP contribution in [0.2, 0.25) is 0 Å². The Hall–Kier alpha value is -1.62. The predicted octanol–water partition coefficient (Wildman–Crippen LogP) is 2.55. The smallest absolute Gasteiger partial charge is 0.292 e. The Morgan fingerprint density at radius 3 is 2.90 bits per heavy atom. The van der Waals surface area contributed by atoms with Crippen molar-refractivity contribution in [2.24, 2.45) is 5.41 Å². The molecule has 1 saturated heterocycles. The van der Waals surface area contributed by atoms with E-state index < -0.39 is 0 Å². The van der Waals surface area contributed by atoms with Crippen LogP contribution in [0.3, 0.4) is 0 Å². The molecule has 1 aliphatic rings. The summed E-state index contributed by atoms with van der Waals surface area (Å²) in [6.45, 7) is 7.25. The van der Waals surface area contributed by atoms with Crippen LogP contribution in [-0.4, -0.2) is 40.8 Å². The topological polar surface area (TPSA) is 66.6 Å². The van der Waals surface area contributed by atoms with E-state index in [0.29, 0.717) is 18.8 Å². The molecule has 21 heavy (non-hydrogen) atoms. The fraction of sp³-hybridized carbons (Fsp3) is 0.625. The summed E-state index contributed by atoms with van der Waals surface area (Å²) in [5.41, 5.74) is 1.70. The first-order chi connectivity index (χ1) is 9.96. The summed E-state index contributed by atoms with van der Waals surface area (Å²) in [5, 5.41) is 13.6. The average molecular weight is 292 g/mol. The monoisotopic (exact) mass is 292 g/mol. The largest absolute Gasteiger partial charge is 0.396 e. The maximum Gasteiger partial charge on any atom is 0.292 e. The van der Waals surface area contributed by atoms with Crippen LogP contribution >= 0.6 is 0 Å². The van der Waals surface area contributed by atoms with Crippen molar-refractivity contribution in [3.8, 4) is 0 Å². The Morgan fingerprint density at radius 2 is 2.33 bits per heavy atom. The zero-order valence-corrected chi connectivity index (χ0v) is 13.1. The number of hydrogen-bond acceptors (Lipinski definition) is 4. The molecule has 5 nitrogen and oxygen atoms in total. The summed E-state index contributed by atoms with van der Waals surface area (Å²) in [4.78, 5) is 14.2. The van der Waals surface area contributed by atoms with E-state index in [-0.39, 0.29) is 23.7 Å². The van der Waals surface area contributed by atoms with E-state index in [1.54, 1.807) is 17.9 Å². The Balaban J connectivity index is 2.11. The number of carbonyl (C=O) groups excluding carboxylic acids is 1. The summed E-state index contributed by atoms with van der Waals surface area (Å²) in [6.07, 6.45) is 4.77. The van der Waals surface area contributed by atoms with Crippen molar-refractivity contribution < 1.29 is 14.4 Å². The second-order valence-electron chi connectivity index (χ2n) is 6.31. The number of hydrogen-bond donors (Lipinski definition) is 1. The van der Waals surface area contributed by atoms with Gasteiger partial charge in [0.25, 0.3) is 5.91 Å². The lowest BCUT2D eigenvalue weighted by molar-refractivity contribution is 0.0259. The van der Waals surface area contributed by atoms with Gasteiger partial charge in [0.05, 0.1) is 12.3 Å². The fourth-order valence-electron chi connectivity index (χ4n) is 2.78. The number of aliphatic hydroxyl groups is 1. The highest BCUT2D eigenvalue weighted by atomic mass is 16.5. The Labute approximate surface area is 125 Å². The molecule has 0 bridgehead atoms. The second-order valence-corrected chi connectivity index (χ2v) is 6.31. The Bertz CT molecular complexity index is 531. The molecule has 116 valence electrons. The van der Waals surface area contributed by atoms with Gasteiger partial charge in [-0.2, -0.15) is 0 Å². The molecule has 1 atom stereocenters. The summed E-state index contributed by atoms with van der Waals surface area (Å²) >= 11 is 0. The lowest BCUT2D eigenvalue weighted by Crippen LogP contribution is -2.47. The normalized spacial score (nSPS) is 22.2. The van der Waals surface area contributed by atoms with Gasteiger partial charge in [-0.3, -0.25) is 4.79 Å².